The van der Waals surface area contributed by atoms with Crippen LogP contribution < -0.4 is 11.1 Å². The number of amides is 1. The lowest BCUT2D eigenvalue weighted by atomic mass is 10.0. The van der Waals surface area contributed by atoms with Crippen molar-refractivity contribution in [1.82, 2.24) is 5.32 Å². The molecule has 0 spiro atoms. The molecule has 0 bridgehead atoms. The van der Waals surface area contributed by atoms with Crippen LogP contribution in [0.1, 0.15) is 36.5 Å². The quantitative estimate of drug-likeness (QED) is 0.833. The van der Waals surface area contributed by atoms with Crippen molar-refractivity contribution in [3.63, 3.8) is 0 Å². The van der Waals surface area contributed by atoms with Crippen LogP contribution >= 0.6 is 23.2 Å². The van der Waals surface area contributed by atoms with E-state index < -0.39 is 0 Å². The number of nitrogen functional groups attached to an aromatic ring is 1. The van der Waals surface area contributed by atoms with E-state index in [0.29, 0.717) is 33.3 Å². The van der Waals surface area contributed by atoms with Crippen molar-refractivity contribution in [2.75, 3.05) is 12.3 Å². The topological polar surface area (TPSA) is 55.1 Å². The molecule has 2 rings (SSSR count). The summed E-state index contributed by atoms with van der Waals surface area (Å²) in [6.07, 6.45) is 3.47. The highest BCUT2D eigenvalue weighted by Crippen LogP contribution is 2.47. The second kappa shape index (κ2) is 4.98. The van der Waals surface area contributed by atoms with E-state index in [1.165, 1.54) is 12.8 Å². The number of anilines is 1. The minimum atomic E-state index is -0.153. The van der Waals surface area contributed by atoms with Gasteiger partial charge in [0, 0.05) is 12.1 Å². The Balaban J connectivity index is 2.05. The van der Waals surface area contributed by atoms with Gasteiger partial charge in [-0.25, -0.2) is 0 Å². The van der Waals surface area contributed by atoms with Crippen molar-refractivity contribution < 1.29 is 4.79 Å². The minimum absolute atomic E-state index is 0.153. The van der Waals surface area contributed by atoms with Crippen LogP contribution in [0, 0.1) is 5.41 Å². The summed E-state index contributed by atoms with van der Waals surface area (Å²) >= 11 is 11.7. The van der Waals surface area contributed by atoms with Gasteiger partial charge in [0.05, 0.1) is 15.7 Å². The number of hydrogen-bond donors (Lipinski definition) is 2. The number of benzene rings is 1. The van der Waals surface area contributed by atoms with Crippen molar-refractivity contribution in [3.8, 4) is 0 Å². The zero-order valence-electron chi connectivity index (χ0n) is 10.2. The minimum Gasteiger partial charge on any atom is -0.397 e. The van der Waals surface area contributed by atoms with Crippen LogP contribution in [0.5, 0.6) is 0 Å². The van der Waals surface area contributed by atoms with E-state index >= 15 is 0 Å². The van der Waals surface area contributed by atoms with Crippen molar-refractivity contribution >= 4 is 34.8 Å². The van der Waals surface area contributed by atoms with E-state index in [2.05, 4.69) is 12.2 Å². The molecule has 0 heterocycles. The lowest BCUT2D eigenvalue weighted by molar-refractivity contribution is 0.0944. The summed E-state index contributed by atoms with van der Waals surface area (Å²) in [5, 5.41) is 3.53. The summed E-state index contributed by atoms with van der Waals surface area (Å²) in [7, 11) is 0. The summed E-state index contributed by atoms with van der Waals surface area (Å²) < 4.78 is 0. The van der Waals surface area contributed by atoms with E-state index in [1.54, 1.807) is 12.1 Å². The highest BCUT2D eigenvalue weighted by atomic mass is 35.5. The molecule has 0 unspecified atom stereocenters. The van der Waals surface area contributed by atoms with E-state index in [1.807, 2.05) is 0 Å². The van der Waals surface area contributed by atoms with Crippen molar-refractivity contribution in [3.05, 3.63) is 27.7 Å². The molecule has 1 fully saturated rings. The first-order valence-electron chi connectivity index (χ1n) is 6.00. The highest BCUT2D eigenvalue weighted by Gasteiger charge is 2.40. The first-order chi connectivity index (χ1) is 8.47. The predicted octanol–water partition coefficient (Wildman–Crippen LogP) is 3.50. The van der Waals surface area contributed by atoms with Gasteiger partial charge < -0.3 is 11.1 Å². The average Bonchev–Trinajstić information content (AvgIpc) is 3.13. The first-order valence-corrected chi connectivity index (χ1v) is 6.76. The zero-order valence-corrected chi connectivity index (χ0v) is 11.7. The van der Waals surface area contributed by atoms with Crippen molar-refractivity contribution in [2.24, 2.45) is 5.41 Å². The number of carbonyl (C=O) groups excluding carboxylic acids is 1. The molecule has 0 aromatic heterocycles. The Bertz CT molecular complexity index is 461. The molecule has 98 valence electrons. The molecule has 0 saturated heterocycles. The number of nitrogens with two attached hydrogens (primary N) is 1. The predicted molar refractivity (Wildman–Crippen MR) is 75.2 cm³/mol. The summed E-state index contributed by atoms with van der Waals surface area (Å²) in [5.41, 5.74) is 6.78. The molecule has 3 N–H and O–H groups in total. The maximum atomic E-state index is 12.0. The van der Waals surface area contributed by atoms with Gasteiger partial charge in [0.15, 0.2) is 0 Å². The van der Waals surface area contributed by atoms with Crippen molar-refractivity contribution in [1.29, 1.82) is 0 Å². The Labute approximate surface area is 117 Å². The standard InChI is InChI=1S/C13H16Cl2N2O/c1-2-13(3-4-13)7-17-12(18)8-5-9(14)11(15)10(16)6-8/h5-6H,2-4,7,16H2,1H3,(H,17,18). The second-order valence-corrected chi connectivity index (χ2v) is 5.68. The number of hydrogen-bond acceptors (Lipinski definition) is 2. The van der Waals surface area contributed by atoms with E-state index in [-0.39, 0.29) is 5.91 Å². The van der Waals surface area contributed by atoms with Gasteiger partial charge in [-0.2, -0.15) is 0 Å². The number of halogens is 2. The molecule has 1 amide bonds. The van der Waals surface area contributed by atoms with Crippen LogP contribution in [0.15, 0.2) is 12.1 Å². The molecule has 0 radical (unpaired) electrons. The number of rotatable bonds is 4. The Hall–Kier alpha value is -0.930. The van der Waals surface area contributed by atoms with Crippen LogP contribution in [-0.4, -0.2) is 12.5 Å². The van der Waals surface area contributed by atoms with E-state index in [4.69, 9.17) is 28.9 Å². The van der Waals surface area contributed by atoms with Crippen LogP contribution in [-0.2, 0) is 0 Å². The Morgan fingerprint density at radius 2 is 2.11 bits per heavy atom. The molecule has 1 saturated carbocycles. The largest absolute Gasteiger partial charge is 0.397 e. The van der Waals surface area contributed by atoms with Gasteiger partial charge in [-0.05, 0) is 36.8 Å². The van der Waals surface area contributed by atoms with Gasteiger partial charge in [-0.3, -0.25) is 4.79 Å². The number of nitrogens with one attached hydrogen (secondary N) is 1. The van der Waals surface area contributed by atoms with Gasteiger partial charge in [0.25, 0.3) is 5.91 Å². The van der Waals surface area contributed by atoms with Gasteiger partial charge in [-0.1, -0.05) is 30.1 Å². The van der Waals surface area contributed by atoms with Crippen LogP contribution in [0.25, 0.3) is 0 Å². The third kappa shape index (κ3) is 2.73. The molecule has 0 aliphatic heterocycles. The van der Waals surface area contributed by atoms with Gasteiger partial charge in [0.1, 0.15) is 0 Å². The van der Waals surface area contributed by atoms with E-state index in [9.17, 15) is 4.79 Å². The second-order valence-electron chi connectivity index (χ2n) is 4.90. The fourth-order valence-corrected chi connectivity index (χ4v) is 2.28. The number of carbonyl (C=O) groups is 1. The lowest BCUT2D eigenvalue weighted by Crippen LogP contribution is -2.30. The third-order valence-electron chi connectivity index (χ3n) is 3.65. The van der Waals surface area contributed by atoms with Gasteiger partial charge in [-0.15, -0.1) is 0 Å². The average molecular weight is 287 g/mol. The summed E-state index contributed by atoms with van der Waals surface area (Å²) in [4.78, 5) is 12.0. The fraction of sp³-hybridized carbons (Fsp3) is 0.462. The molecule has 1 aliphatic carbocycles. The van der Waals surface area contributed by atoms with Gasteiger partial charge in [0.2, 0.25) is 0 Å². The molecule has 1 aromatic rings. The summed E-state index contributed by atoms with van der Waals surface area (Å²) in [6.45, 7) is 2.86. The maximum Gasteiger partial charge on any atom is 0.251 e. The smallest absolute Gasteiger partial charge is 0.251 e. The fourth-order valence-electron chi connectivity index (χ4n) is 1.94. The highest BCUT2D eigenvalue weighted by molar-refractivity contribution is 6.43. The Kier molecular flexibility index (Phi) is 3.74. The normalized spacial score (nSPS) is 16.4. The molecule has 5 heteroatoms. The first kappa shape index (κ1) is 13.5. The molecular formula is C13H16Cl2N2O. The van der Waals surface area contributed by atoms with Crippen molar-refractivity contribution in [2.45, 2.75) is 26.2 Å². The van der Waals surface area contributed by atoms with Gasteiger partial charge >= 0.3 is 0 Å². The summed E-state index contributed by atoms with van der Waals surface area (Å²) in [5.74, 6) is -0.153. The van der Waals surface area contributed by atoms with Crippen LogP contribution in [0.3, 0.4) is 0 Å². The molecule has 18 heavy (non-hydrogen) atoms. The maximum absolute atomic E-state index is 12.0. The molecule has 1 aliphatic rings. The molecule has 1 aromatic carbocycles. The zero-order chi connectivity index (χ0) is 13.3. The molecular weight excluding hydrogens is 271 g/mol. The van der Waals surface area contributed by atoms with E-state index in [0.717, 1.165) is 6.42 Å². The Morgan fingerprint density at radius 1 is 1.44 bits per heavy atom. The summed E-state index contributed by atoms with van der Waals surface area (Å²) in [6, 6.07) is 3.09. The SMILES string of the molecule is CCC1(CNC(=O)c2cc(N)c(Cl)c(Cl)c2)CC1. The Morgan fingerprint density at radius 3 is 2.61 bits per heavy atom. The molecule has 0 atom stereocenters. The lowest BCUT2D eigenvalue weighted by Gasteiger charge is -2.14. The monoisotopic (exact) mass is 286 g/mol. The van der Waals surface area contributed by atoms with Crippen LogP contribution in [0.4, 0.5) is 5.69 Å². The molecule has 3 nitrogen and oxygen atoms in total. The third-order valence-corrected chi connectivity index (χ3v) is 4.47. The van der Waals surface area contributed by atoms with Crippen LogP contribution in [0.2, 0.25) is 10.0 Å².